The summed E-state index contributed by atoms with van der Waals surface area (Å²) in [6.07, 6.45) is 1.79. The molecule has 0 fully saturated rings. The van der Waals surface area contributed by atoms with Crippen LogP contribution >= 0.6 is 27.5 Å². The first kappa shape index (κ1) is 15.5. The Hall–Kier alpha value is -0.860. The number of rotatable bonds is 5. The lowest BCUT2D eigenvalue weighted by atomic mass is 9.92. The van der Waals surface area contributed by atoms with Gasteiger partial charge in [0.1, 0.15) is 5.82 Å². The maximum absolute atomic E-state index is 13.1. The van der Waals surface area contributed by atoms with Crippen LogP contribution in [0.25, 0.3) is 0 Å². The normalized spacial score (nSPS) is 12.4. The number of hydrogen-bond acceptors (Lipinski definition) is 0. The summed E-state index contributed by atoms with van der Waals surface area (Å²) >= 11 is 9.54. The van der Waals surface area contributed by atoms with E-state index in [9.17, 15) is 4.39 Å². The maximum Gasteiger partial charge on any atom is 0.124 e. The second-order valence-corrected chi connectivity index (χ2v) is 6.25. The van der Waals surface area contributed by atoms with Crippen LogP contribution in [-0.2, 0) is 12.8 Å². The summed E-state index contributed by atoms with van der Waals surface area (Å²) in [6.45, 7) is 2.12. The molecule has 0 radical (unpaired) electrons. The van der Waals surface area contributed by atoms with E-state index in [-0.39, 0.29) is 5.82 Å². The van der Waals surface area contributed by atoms with E-state index < -0.39 is 0 Å². The summed E-state index contributed by atoms with van der Waals surface area (Å²) < 4.78 is 13.9. The largest absolute Gasteiger partial charge is 0.207 e. The average molecular weight is 356 g/mol. The third-order valence-corrected chi connectivity index (χ3v) is 4.69. The van der Waals surface area contributed by atoms with Gasteiger partial charge in [-0.3, -0.25) is 0 Å². The monoisotopic (exact) mass is 354 g/mol. The zero-order chi connectivity index (χ0) is 14.5. The van der Waals surface area contributed by atoms with E-state index in [1.54, 1.807) is 0 Å². The van der Waals surface area contributed by atoms with Gasteiger partial charge in [0.05, 0.1) is 0 Å². The summed E-state index contributed by atoms with van der Waals surface area (Å²) in [7, 11) is 0. The molecule has 2 rings (SSSR count). The molecular formula is C17H17BrClF. The minimum Gasteiger partial charge on any atom is -0.207 e. The first-order chi connectivity index (χ1) is 9.60. The van der Waals surface area contributed by atoms with Crippen molar-refractivity contribution in [2.45, 2.75) is 19.8 Å². The molecule has 0 amide bonds. The molecule has 0 saturated heterocycles. The van der Waals surface area contributed by atoms with Crippen LogP contribution in [-0.4, -0.2) is 5.88 Å². The highest BCUT2D eigenvalue weighted by Crippen LogP contribution is 2.24. The van der Waals surface area contributed by atoms with Gasteiger partial charge in [0.15, 0.2) is 0 Å². The molecule has 0 bridgehead atoms. The van der Waals surface area contributed by atoms with Gasteiger partial charge in [-0.05, 0) is 54.5 Å². The third-order valence-electron chi connectivity index (χ3n) is 3.51. The molecule has 0 nitrogen and oxygen atoms in total. The van der Waals surface area contributed by atoms with Gasteiger partial charge >= 0.3 is 0 Å². The van der Waals surface area contributed by atoms with Gasteiger partial charge in [0, 0.05) is 10.4 Å². The standard InChI is InChI=1S/C17H17BrClF/c1-12-4-2-3-5-14(12)8-13(11-19)9-15-6-7-16(20)10-17(15)18/h2-7,10,13H,8-9,11H2,1H3. The Labute approximate surface area is 133 Å². The molecule has 106 valence electrons. The van der Waals surface area contributed by atoms with Crippen LogP contribution in [0, 0.1) is 18.7 Å². The maximum atomic E-state index is 13.1. The Morgan fingerprint density at radius 3 is 2.45 bits per heavy atom. The molecule has 2 aromatic rings. The van der Waals surface area contributed by atoms with Crippen molar-refractivity contribution in [3.05, 3.63) is 69.4 Å². The molecule has 0 saturated carbocycles. The van der Waals surface area contributed by atoms with Crippen LogP contribution in [0.5, 0.6) is 0 Å². The SMILES string of the molecule is Cc1ccccc1CC(CCl)Cc1ccc(F)cc1Br. The number of alkyl halides is 1. The second-order valence-electron chi connectivity index (χ2n) is 5.09. The van der Waals surface area contributed by atoms with Crippen molar-refractivity contribution in [2.24, 2.45) is 5.92 Å². The Kier molecular flexibility index (Phi) is 5.62. The van der Waals surface area contributed by atoms with Gasteiger partial charge in [0.2, 0.25) is 0 Å². The smallest absolute Gasteiger partial charge is 0.124 e. The van der Waals surface area contributed by atoms with Gasteiger partial charge in [0.25, 0.3) is 0 Å². The van der Waals surface area contributed by atoms with Gasteiger partial charge in [-0.15, -0.1) is 11.6 Å². The van der Waals surface area contributed by atoms with Crippen LogP contribution in [0.2, 0.25) is 0 Å². The van der Waals surface area contributed by atoms with E-state index >= 15 is 0 Å². The van der Waals surface area contributed by atoms with Gasteiger partial charge in [-0.25, -0.2) is 4.39 Å². The minimum atomic E-state index is -0.220. The van der Waals surface area contributed by atoms with Crippen LogP contribution in [0.1, 0.15) is 16.7 Å². The Balaban J connectivity index is 2.11. The van der Waals surface area contributed by atoms with E-state index in [2.05, 4.69) is 41.1 Å². The quantitative estimate of drug-likeness (QED) is 0.618. The summed E-state index contributed by atoms with van der Waals surface area (Å²) in [5.41, 5.74) is 3.72. The number of benzene rings is 2. The lowest BCUT2D eigenvalue weighted by molar-refractivity contribution is 0.578. The minimum absolute atomic E-state index is 0.220. The van der Waals surface area contributed by atoms with E-state index in [0.717, 1.165) is 22.9 Å². The lowest BCUT2D eigenvalue weighted by Crippen LogP contribution is -2.11. The fourth-order valence-corrected chi connectivity index (χ4v) is 3.06. The van der Waals surface area contributed by atoms with Gasteiger partial charge in [-0.2, -0.15) is 0 Å². The highest BCUT2D eigenvalue weighted by molar-refractivity contribution is 9.10. The molecule has 0 N–H and O–H groups in total. The van der Waals surface area contributed by atoms with E-state index in [1.807, 2.05) is 12.1 Å². The highest BCUT2D eigenvalue weighted by Gasteiger charge is 2.13. The van der Waals surface area contributed by atoms with E-state index in [1.165, 1.54) is 23.3 Å². The van der Waals surface area contributed by atoms with Crippen molar-refractivity contribution in [1.82, 2.24) is 0 Å². The summed E-state index contributed by atoms with van der Waals surface area (Å²) in [5.74, 6) is 0.722. The Bertz CT molecular complexity index is 583. The lowest BCUT2D eigenvalue weighted by Gasteiger charge is -2.16. The highest BCUT2D eigenvalue weighted by atomic mass is 79.9. The van der Waals surface area contributed by atoms with Crippen molar-refractivity contribution in [2.75, 3.05) is 5.88 Å². The number of halogens is 3. The predicted octanol–water partition coefficient (Wildman–Crippen LogP) is 5.54. The predicted molar refractivity (Wildman–Crippen MR) is 86.9 cm³/mol. The molecule has 2 aromatic carbocycles. The first-order valence-electron chi connectivity index (χ1n) is 6.64. The molecule has 0 aliphatic heterocycles. The fraction of sp³-hybridized carbons (Fsp3) is 0.294. The summed E-state index contributed by atoms with van der Waals surface area (Å²) in [4.78, 5) is 0. The summed E-state index contributed by atoms with van der Waals surface area (Å²) in [6, 6.07) is 13.2. The number of aryl methyl sites for hydroxylation is 1. The summed E-state index contributed by atoms with van der Waals surface area (Å²) in [5, 5.41) is 0. The fourth-order valence-electron chi connectivity index (χ4n) is 2.33. The zero-order valence-corrected chi connectivity index (χ0v) is 13.7. The zero-order valence-electron chi connectivity index (χ0n) is 11.4. The third kappa shape index (κ3) is 4.07. The van der Waals surface area contributed by atoms with Crippen molar-refractivity contribution < 1.29 is 4.39 Å². The average Bonchev–Trinajstić information content (AvgIpc) is 2.43. The molecule has 0 aromatic heterocycles. The molecule has 0 aliphatic rings. The van der Waals surface area contributed by atoms with Gasteiger partial charge in [-0.1, -0.05) is 46.3 Å². The first-order valence-corrected chi connectivity index (χ1v) is 7.97. The van der Waals surface area contributed by atoms with Gasteiger partial charge < -0.3 is 0 Å². The Morgan fingerprint density at radius 1 is 1.10 bits per heavy atom. The molecular weight excluding hydrogens is 339 g/mol. The van der Waals surface area contributed by atoms with Crippen LogP contribution in [0.15, 0.2) is 46.9 Å². The molecule has 0 heterocycles. The van der Waals surface area contributed by atoms with Crippen LogP contribution < -0.4 is 0 Å². The molecule has 1 unspecified atom stereocenters. The van der Waals surface area contributed by atoms with Crippen molar-refractivity contribution in [1.29, 1.82) is 0 Å². The molecule has 1 atom stereocenters. The topological polar surface area (TPSA) is 0 Å². The molecule has 0 spiro atoms. The molecule has 3 heteroatoms. The Morgan fingerprint density at radius 2 is 1.80 bits per heavy atom. The van der Waals surface area contributed by atoms with E-state index in [4.69, 9.17) is 11.6 Å². The molecule has 20 heavy (non-hydrogen) atoms. The van der Waals surface area contributed by atoms with E-state index in [0.29, 0.717) is 11.8 Å². The van der Waals surface area contributed by atoms with Crippen LogP contribution in [0.3, 0.4) is 0 Å². The number of hydrogen-bond donors (Lipinski definition) is 0. The van der Waals surface area contributed by atoms with Crippen molar-refractivity contribution in [3.8, 4) is 0 Å². The van der Waals surface area contributed by atoms with Crippen LogP contribution in [0.4, 0.5) is 4.39 Å². The van der Waals surface area contributed by atoms with Crippen molar-refractivity contribution in [3.63, 3.8) is 0 Å². The van der Waals surface area contributed by atoms with Crippen molar-refractivity contribution >= 4 is 27.5 Å². The molecule has 0 aliphatic carbocycles. The second kappa shape index (κ2) is 7.24.